The summed E-state index contributed by atoms with van der Waals surface area (Å²) in [5.41, 5.74) is 6.44. The van der Waals surface area contributed by atoms with Crippen LogP contribution in [0.25, 0.3) is 4.85 Å². The van der Waals surface area contributed by atoms with Crippen molar-refractivity contribution in [2.45, 2.75) is 46.2 Å². The predicted molar refractivity (Wildman–Crippen MR) is 105 cm³/mol. The third-order valence-corrected chi connectivity index (χ3v) is 5.31. The van der Waals surface area contributed by atoms with Gasteiger partial charge in [-0.2, -0.15) is 0 Å². The van der Waals surface area contributed by atoms with E-state index in [1.807, 2.05) is 19.9 Å². The highest BCUT2D eigenvalue weighted by Crippen LogP contribution is 2.51. The lowest BCUT2D eigenvalue weighted by Gasteiger charge is -2.27. The molecule has 1 saturated heterocycles. The van der Waals surface area contributed by atoms with Crippen LogP contribution >= 0.6 is 0 Å². The zero-order valence-corrected chi connectivity index (χ0v) is 15.7. The summed E-state index contributed by atoms with van der Waals surface area (Å²) in [5, 5.41) is 0. The summed E-state index contributed by atoms with van der Waals surface area (Å²) in [6.07, 6.45) is 1.37. The van der Waals surface area contributed by atoms with Crippen molar-refractivity contribution in [3.05, 3.63) is 82.5 Å². The predicted octanol–water partition coefficient (Wildman–Crippen LogP) is 4.98. The van der Waals surface area contributed by atoms with Crippen LogP contribution in [0, 0.1) is 20.4 Å². The van der Waals surface area contributed by atoms with E-state index in [0.717, 1.165) is 23.6 Å². The Morgan fingerprint density at radius 2 is 1.77 bits per heavy atom. The van der Waals surface area contributed by atoms with Crippen molar-refractivity contribution in [3.63, 3.8) is 0 Å². The van der Waals surface area contributed by atoms with E-state index in [0.29, 0.717) is 0 Å². The maximum absolute atomic E-state index is 7.34. The number of rotatable bonds is 2. The maximum Gasteiger partial charge on any atom is 0.214 e. The van der Waals surface area contributed by atoms with E-state index in [4.69, 9.17) is 11.3 Å². The number of nitrogens with zero attached hydrogens (tertiary/aromatic N) is 3. The first-order valence-corrected chi connectivity index (χ1v) is 8.88. The van der Waals surface area contributed by atoms with E-state index in [9.17, 15) is 0 Å². The first-order chi connectivity index (χ1) is 12.4. The van der Waals surface area contributed by atoms with E-state index in [1.165, 1.54) is 16.7 Å². The molecular formula is C22H23N3O. The molecule has 4 nitrogen and oxygen atoms in total. The Balaban J connectivity index is 1.85. The maximum atomic E-state index is 7.34. The van der Waals surface area contributed by atoms with Crippen molar-refractivity contribution >= 4 is 11.4 Å². The highest BCUT2D eigenvalue weighted by atomic mass is 16.6. The molecule has 0 saturated carbocycles. The largest absolute Gasteiger partial charge is 0.329 e. The number of hydrogen-bond acceptors (Lipinski definition) is 3. The zero-order chi connectivity index (χ0) is 18.5. The number of anilines is 2. The Bertz CT molecular complexity index is 924. The van der Waals surface area contributed by atoms with Crippen LogP contribution < -0.4 is 9.80 Å². The van der Waals surface area contributed by atoms with Crippen molar-refractivity contribution < 1.29 is 4.74 Å². The van der Waals surface area contributed by atoms with Crippen LogP contribution in [0.4, 0.5) is 11.4 Å². The summed E-state index contributed by atoms with van der Waals surface area (Å²) in [6, 6.07) is 14.9. The Morgan fingerprint density at radius 3 is 2.42 bits per heavy atom. The molecule has 1 unspecified atom stereocenters. The van der Waals surface area contributed by atoms with Gasteiger partial charge in [-0.05, 0) is 56.5 Å². The van der Waals surface area contributed by atoms with Gasteiger partial charge in [0.2, 0.25) is 6.35 Å². The van der Waals surface area contributed by atoms with Crippen molar-refractivity contribution in [2.75, 3.05) is 9.80 Å². The van der Waals surface area contributed by atoms with Crippen LogP contribution in [0.2, 0.25) is 0 Å². The average molecular weight is 345 g/mol. The molecule has 2 aromatic rings. The number of benzene rings is 2. The lowest BCUT2D eigenvalue weighted by atomic mass is 10.0. The molecule has 2 aromatic carbocycles. The van der Waals surface area contributed by atoms with Crippen LogP contribution in [0.5, 0.6) is 0 Å². The van der Waals surface area contributed by atoms with Crippen LogP contribution in [0.3, 0.4) is 0 Å². The third-order valence-electron chi connectivity index (χ3n) is 5.31. The number of aryl methyl sites for hydroxylation is 2. The summed E-state index contributed by atoms with van der Waals surface area (Å²) < 4.78 is 6.43. The van der Waals surface area contributed by atoms with Gasteiger partial charge in [0.15, 0.2) is 6.20 Å². The van der Waals surface area contributed by atoms with Crippen LogP contribution in [0.1, 0.15) is 30.5 Å². The van der Waals surface area contributed by atoms with Gasteiger partial charge in [0, 0.05) is 6.54 Å². The van der Waals surface area contributed by atoms with E-state index in [-0.39, 0.29) is 6.35 Å². The minimum Gasteiger partial charge on any atom is -0.329 e. The van der Waals surface area contributed by atoms with Gasteiger partial charge in [0.25, 0.3) is 0 Å². The standard InChI is InChI=1S/C22H23N3O/c1-15-11-18-19(12-16(15)2)25-20(13-23-5)22(3,4)26-21(25)24(18)14-17-9-7-6-8-10-17/h6-13,21H,14H2,1-4H3/b20-13-. The summed E-state index contributed by atoms with van der Waals surface area (Å²) in [5.74, 6) is 0. The van der Waals surface area contributed by atoms with Crippen molar-refractivity contribution in [3.8, 4) is 0 Å². The molecule has 0 aromatic heterocycles. The summed E-state index contributed by atoms with van der Waals surface area (Å²) in [4.78, 5) is 8.02. The molecule has 2 aliphatic heterocycles. The molecule has 0 spiro atoms. The van der Waals surface area contributed by atoms with Gasteiger partial charge in [-0.3, -0.25) is 0 Å². The number of ether oxygens (including phenoxy) is 1. The number of fused-ring (bicyclic) bond motifs is 3. The minimum atomic E-state index is -0.499. The minimum absolute atomic E-state index is 0.227. The van der Waals surface area contributed by atoms with E-state index in [2.05, 4.69) is 64.9 Å². The molecule has 0 N–H and O–H groups in total. The smallest absolute Gasteiger partial charge is 0.214 e. The van der Waals surface area contributed by atoms with Gasteiger partial charge in [0.05, 0.1) is 29.2 Å². The second-order valence-corrected chi connectivity index (χ2v) is 7.51. The Kier molecular flexibility index (Phi) is 3.78. The fourth-order valence-electron chi connectivity index (χ4n) is 3.79. The molecule has 132 valence electrons. The third kappa shape index (κ3) is 2.48. The molecule has 2 aliphatic rings. The van der Waals surface area contributed by atoms with Crippen molar-refractivity contribution in [2.24, 2.45) is 0 Å². The molecule has 26 heavy (non-hydrogen) atoms. The van der Waals surface area contributed by atoms with E-state index < -0.39 is 5.60 Å². The first-order valence-electron chi connectivity index (χ1n) is 8.88. The van der Waals surface area contributed by atoms with E-state index >= 15 is 0 Å². The van der Waals surface area contributed by atoms with Gasteiger partial charge in [-0.15, -0.1) is 0 Å². The van der Waals surface area contributed by atoms with Crippen LogP contribution in [-0.4, -0.2) is 12.0 Å². The van der Waals surface area contributed by atoms with Crippen LogP contribution in [0.15, 0.2) is 54.4 Å². The molecule has 2 heterocycles. The zero-order valence-electron chi connectivity index (χ0n) is 15.7. The Labute approximate surface area is 155 Å². The molecule has 0 aliphatic carbocycles. The normalized spacial score (nSPS) is 21.7. The van der Waals surface area contributed by atoms with Crippen molar-refractivity contribution in [1.29, 1.82) is 0 Å². The SMILES string of the molecule is [C-]#[N+]/C=C1\N2c3cc(C)c(C)cc3N(Cc3ccccc3)C2OC1(C)C. The number of hydrogen-bond donors (Lipinski definition) is 0. The topological polar surface area (TPSA) is 20.1 Å². The van der Waals surface area contributed by atoms with E-state index in [1.54, 1.807) is 6.20 Å². The first kappa shape index (κ1) is 16.7. The van der Waals surface area contributed by atoms with Crippen LogP contribution in [-0.2, 0) is 11.3 Å². The monoisotopic (exact) mass is 345 g/mol. The Morgan fingerprint density at radius 1 is 1.12 bits per heavy atom. The fourth-order valence-corrected chi connectivity index (χ4v) is 3.79. The molecule has 1 fully saturated rings. The summed E-state index contributed by atoms with van der Waals surface area (Å²) >= 11 is 0. The second kappa shape index (κ2) is 5.89. The molecule has 4 heteroatoms. The Hall–Kier alpha value is -2.77. The van der Waals surface area contributed by atoms with Crippen molar-refractivity contribution in [1.82, 2.24) is 0 Å². The molecule has 0 bridgehead atoms. The highest BCUT2D eigenvalue weighted by molar-refractivity contribution is 5.82. The second-order valence-electron chi connectivity index (χ2n) is 7.51. The van der Waals surface area contributed by atoms with Gasteiger partial charge >= 0.3 is 0 Å². The molecular weight excluding hydrogens is 322 g/mol. The quantitative estimate of drug-likeness (QED) is 0.716. The molecule has 4 rings (SSSR count). The average Bonchev–Trinajstić information content (AvgIpc) is 3.01. The highest BCUT2D eigenvalue weighted by Gasteiger charge is 2.50. The lowest BCUT2D eigenvalue weighted by Crippen LogP contribution is -2.39. The molecule has 0 radical (unpaired) electrons. The lowest BCUT2D eigenvalue weighted by molar-refractivity contribution is -0.00233. The van der Waals surface area contributed by atoms with Gasteiger partial charge in [-0.1, -0.05) is 30.3 Å². The van der Waals surface area contributed by atoms with Gasteiger partial charge < -0.3 is 14.5 Å². The summed E-state index contributed by atoms with van der Waals surface area (Å²) in [7, 11) is 0. The fraction of sp³-hybridized carbons (Fsp3) is 0.318. The summed E-state index contributed by atoms with van der Waals surface area (Å²) in [6.45, 7) is 16.4. The van der Waals surface area contributed by atoms with Gasteiger partial charge in [-0.25, -0.2) is 4.85 Å². The molecule has 0 amide bonds. The van der Waals surface area contributed by atoms with Gasteiger partial charge in [0.1, 0.15) is 0 Å². The molecule has 1 atom stereocenters.